The Hall–Kier alpha value is -0.720. The van der Waals surface area contributed by atoms with Crippen LogP contribution in [0, 0.1) is 0 Å². The molecule has 0 bridgehead atoms. The Morgan fingerprint density at radius 3 is 3.09 bits per heavy atom. The van der Waals surface area contributed by atoms with E-state index in [2.05, 4.69) is 30.6 Å². The van der Waals surface area contributed by atoms with E-state index in [1.807, 2.05) is 0 Å². The molecule has 0 heterocycles. The van der Waals surface area contributed by atoms with Crippen LogP contribution in [0.15, 0.2) is 24.0 Å². The van der Waals surface area contributed by atoms with Gasteiger partial charge in [-0.25, -0.2) is 0 Å². The molecule has 11 heavy (non-hydrogen) atoms. The molecule has 0 unspecified atom stereocenters. The Morgan fingerprint density at radius 2 is 2.45 bits per heavy atom. The van der Waals surface area contributed by atoms with Gasteiger partial charge < -0.3 is 5.32 Å². The van der Waals surface area contributed by atoms with Gasteiger partial charge in [-0.3, -0.25) is 0 Å². The van der Waals surface area contributed by atoms with Crippen LogP contribution in [0.25, 0.3) is 0 Å². The van der Waals surface area contributed by atoms with Gasteiger partial charge in [0.15, 0.2) is 0 Å². The highest BCUT2D eigenvalue weighted by Crippen LogP contribution is 2.14. The largest absolute Gasteiger partial charge is 0.366 e. The molecule has 1 N–H and O–H groups in total. The number of rotatable bonds is 3. The van der Waals surface area contributed by atoms with Gasteiger partial charge >= 0.3 is 0 Å². The van der Waals surface area contributed by atoms with Gasteiger partial charge in [-0.15, -0.1) is 0 Å². The summed E-state index contributed by atoms with van der Waals surface area (Å²) in [6.07, 6.45) is 12.8. The molecule has 0 saturated carbocycles. The summed E-state index contributed by atoms with van der Waals surface area (Å²) in [6.45, 7) is 2.15. The molecule has 0 radical (unpaired) electrons. The molecule has 0 saturated heterocycles. The van der Waals surface area contributed by atoms with Gasteiger partial charge in [-0.05, 0) is 38.3 Å². The Balaban J connectivity index is 2.24. The van der Waals surface area contributed by atoms with Crippen molar-refractivity contribution in [3.8, 4) is 0 Å². The molecule has 1 nitrogen and oxygen atoms in total. The Labute approximate surface area is 69.2 Å². The quantitative estimate of drug-likeness (QED) is 0.654. The fraction of sp³-hybridized carbons (Fsp3) is 0.600. The smallest absolute Gasteiger partial charge is 0.0106 e. The van der Waals surface area contributed by atoms with Crippen molar-refractivity contribution in [2.45, 2.75) is 39.0 Å². The maximum absolute atomic E-state index is 3.30. The van der Waals surface area contributed by atoms with Crippen molar-refractivity contribution in [1.82, 2.24) is 5.32 Å². The molecule has 0 aromatic heterocycles. The maximum Gasteiger partial charge on any atom is 0.0106 e. The molecular formula is C10H17N. The van der Waals surface area contributed by atoms with E-state index in [0.717, 1.165) is 6.42 Å². The molecule has 0 aliphatic heterocycles. The van der Waals surface area contributed by atoms with Gasteiger partial charge in [0.05, 0.1) is 0 Å². The van der Waals surface area contributed by atoms with Crippen LogP contribution in [0.1, 0.15) is 39.0 Å². The average Bonchev–Trinajstić information content (AvgIpc) is 2.07. The highest BCUT2D eigenvalue weighted by atomic mass is 14.8. The maximum atomic E-state index is 3.30. The zero-order chi connectivity index (χ0) is 7.94. The minimum Gasteiger partial charge on any atom is -0.366 e. The molecular weight excluding hydrogens is 134 g/mol. The van der Waals surface area contributed by atoms with Crippen molar-refractivity contribution in [2.24, 2.45) is 0 Å². The van der Waals surface area contributed by atoms with E-state index in [0.29, 0.717) is 0 Å². The topological polar surface area (TPSA) is 12.0 Å². The molecule has 0 amide bonds. The first-order valence-electron chi connectivity index (χ1n) is 4.54. The molecule has 1 rings (SSSR count). The summed E-state index contributed by atoms with van der Waals surface area (Å²) >= 11 is 0. The zero-order valence-corrected chi connectivity index (χ0v) is 7.27. The van der Waals surface area contributed by atoms with E-state index in [4.69, 9.17) is 0 Å². The van der Waals surface area contributed by atoms with E-state index in [1.54, 1.807) is 0 Å². The molecule has 1 aliphatic carbocycles. The van der Waals surface area contributed by atoms with Crippen LogP contribution in [-0.2, 0) is 0 Å². The number of hydrogen-bond acceptors (Lipinski definition) is 1. The van der Waals surface area contributed by atoms with Crippen LogP contribution < -0.4 is 5.32 Å². The van der Waals surface area contributed by atoms with E-state index in [9.17, 15) is 0 Å². The van der Waals surface area contributed by atoms with Crippen molar-refractivity contribution in [3.63, 3.8) is 0 Å². The second-order valence-electron chi connectivity index (χ2n) is 2.93. The van der Waals surface area contributed by atoms with Gasteiger partial charge in [-0.2, -0.15) is 0 Å². The summed E-state index contributed by atoms with van der Waals surface area (Å²) in [4.78, 5) is 0. The summed E-state index contributed by atoms with van der Waals surface area (Å²) in [7, 11) is 0. The lowest BCUT2D eigenvalue weighted by molar-refractivity contribution is 0.674. The van der Waals surface area contributed by atoms with Crippen LogP contribution in [0.5, 0.6) is 0 Å². The zero-order valence-electron chi connectivity index (χ0n) is 7.27. The molecule has 1 heteroatoms. The number of nitrogens with one attached hydrogen (secondary N) is 1. The third-order valence-electron chi connectivity index (χ3n) is 1.91. The van der Waals surface area contributed by atoms with Crippen molar-refractivity contribution < 1.29 is 0 Å². The SMILES string of the molecule is CCC=CNC1=CCCCC1. The molecule has 0 spiro atoms. The predicted molar refractivity (Wildman–Crippen MR) is 49.1 cm³/mol. The lowest BCUT2D eigenvalue weighted by Gasteiger charge is -2.11. The van der Waals surface area contributed by atoms with Crippen LogP contribution >= 0.6 is 0 Å². The summed E-state index contributed by atoms with van der Waals surface area (Å²) < 4.78 is 0. The highest BCUT2D eigenvalue weighted by molar-refractivity contribution is 5.05. The average molecular weight is 151 g/mol. The Bertz CT molecular complexity index is 156. The molecule has 0 fully saturated rings. The van der Waals surface area contributed by atoms with Crippen molar-refractivity contribution in [2.75, 3.05) is 0 Å². The van der Waals surface area contributed by atoms with Gasteiger partial charge in [0.2, 0.25) is 0 Å². The minimum absolute atomic E-state index is 1.11. The van der Waals surface area contributed by atoms with Crippen molar-refractivity contribution >= 4 is 0 Å². The van der Waals surface area contributed by atoms with Crippen LogP contribution in [-0.4, -0.2) is 0 Å². The normalized spacial score (nSPS) is 18.5. The summed E-state index contributed by atoms with van der Waals surface area (Å²) in [5, 5.41) is 3.30. The third kappa shape index (κ3) is 3.26. The summed E-state index contributed by atoms with van der Waals surface area (Å²) in [6, 6.07) is 0. The number of allylic oxidation sites excluding steroid dienone is 3. The first-order chi connectivity index (χ1) is 5.43. The van der Waals surface area contributed by atoms with Gasteiger partial charge in [-0.1, -0.05) is 19.1 Å². The van der Waals surface area contributed by atoms with Crippen molar-refractivity contribution in [3.05, 3.63) is 24.0 Å². The Morgan fingerprint density at radius 1 is 1.55 bits per heavy atom. The highest BCUT2D eigenvalue weighted by Gasteiger charge is 1.99. The molecule has 1 aliphatic rings. The van der Waals surface area contributed by atoms with Crippen molar-refractivity contribution in [1.29, 1.82) is 0 Å². The van der Waals surface area contributed by atoms with Gasteiger partial charge in [0.25, 0.3) is 0 Å². The molecule has 0 aromatic carbocycles. The van der Waals surface area contributed by atoms with E-state index >= 15 is 0 Å². The standard InChI is InChI=1S/C10H17N/c1-2-3-9-11-10-7-5-4-6-8-10/h3,7,9,11H,2,4-6,8H2,1H3. The lowest BCUT2D eigenvalue weighted by Crippen LogP contribution is -2.07. The van der Waals surface area contributed by atoms with Crippen LogP contribution in [0.4, 0.5) is 0 Å². The minimum atomic E-state index is 1.11. The fourth-order valence-electron chi connectivity index (χ4n) is 1.25. The fourth-order valence-corrected chi connectivity index (χ4v) is 1.25. The predicted octanol–water partition coefficient (Wildman–Crippen LogP) is 2.96. The van der Waals surface area contributed by atoms with Crippen LogP contribution in [0.2, 0.25) is 0 Å². The molecule has 0 atom stereocenters. The summed E-state index contributed by atoms with van der Waals surface area (Å²) in [5.74, 6) is 0. The number of hydrogen-bond donors (Lipinski definition) is 1. The van der Waals surface area contributed by atoms with E-state index in [-0.39, 0.29) is 0 Å². The van der Waals surface area contributed by atoms with E-state index in [1.165, 1.54) is 31.4 Å². The molecule has 62 valence electrons. The first kappa shape index (κ1) is 8.38. The second kappa shape index (κ2) is 5.00. The lowest BCUT2D eigenvalue weighted by atomic mass is 10.1. The van der Waals surface area contributed by atoms with Gasteiger partial charge in [0.1, 0.15) is 0 Å². The summed E-state index contributed by atoms with van der Waals surface area (Å²) in [5.41, 5.74) is 1.40. The third-order valence-corrected chi connectivity index (χ3v) is 1.91. The van der Waals surface area contributed by atoms with E-state index < -0.39 is 0 Å². The van der Waals surface area contributed by atoms with Crippen LogP contribution in [0.3, 0.4) is 0 Å². The Kier molecular flexibility index (Phi) is 3.81. The second-order valence-corrected chi connectivity index (χ2v) is 2.93. The first-order valence-corrected chi connectivity index (χ1v) is 4.54. The molecule has 0 aromatic rings. The monoisotopic (exact) mass is 151 g/mol. The van der Waals surface area contributed by atoms with Gasteiger partial charge in [0, 0.05) is 5.70 Å².